The Hall–Kier alpha value is -2.75. The van der Waals surface area contributed by atoms with Crippen LogP contribution in [-0.2, 0) is 0 Å². The summed E-state index contributed by atoms with van der Waals surface area (Å²) >= 11 is 0. The average molecular weight is 428 g/mol. The van der Waals surface area contributed by atoms with Gasteiger partial charge in [0.25, 0.3) is 0 Å². The minimum Gasteiger partial charge on any atom is -0.338 e. The summed E-state index contributed by atoms with van der Waals surface area (Å²) in [7, 11) is 2.14. The van der Waals surface area contributed by atoms with E-state index in [1.165, 1.54) is 0 Å². The molecule has 166 valence electrons. The minimum atomic E-state index is -0.837. The van der Waals surface area contributed by atoms with Gasteiger partial charge in [-0.2, -0.15) is 15.1 Å². The van der Waals surface area contributed by atoms with E-state index < -0.39 is 6.17 Å². The first-order chi connectivity index (χ1) is 14.9. The Kier molecular flexibility index (Phi) is 5.04. The molecule has 9 nitrogen and oxygen atoms in total. The van der Waals surface area contributed by atoms with Gasteiger partial charge in [0, 0.05) is 25.3 Å². The standard InChI is InChI=1S/C21H30FN9/c1-13(2)30-12-23-18-19(25-21(26-20(18)30)29-8-5-15(22)9-29)24-17-11-31(27-14(17)3)16-6-7-28(4)10-16/h11-13,15-16H,5-10H2,1-4H3,(H,24,25,26)/t15-,16?/m0/s1. The summed E-state index contributed by atoms with van der Waals surface area (Å²) < 4.78 is 17.9. The van der Waals surface area contributed by atoms with Crippen molar-refractivity contribution in [2.24, 2.45) is 0 Å². The molecule has 2 saturated heterocycles. The van der Waals surface area contributed by atoms with Gasteiger partial charge in [-0.1, -0.05) is 0 Å². The maximum absolute atomic E-state index is 13.9. The predicted octanol–water partition coefficient (Wildman–Crippen LogP) is 3.08. The van der Waals surface area contributed by atoms with Crippen molar-refractivity contribution in [2.75, 3.05) is 43.4 Å². The molecular formula is C21H30FN9. The molecule has 0 aromatic carbocycles. The zero-order chi connectivity index (χ0) is 21.7. The highest BCUT2D eigenvalue weighted by atomic mass is 19.1. The van der Waals surface area contributed by atoms with Gasteiger partial charge in [0.1, 0.15) is 6.17 Å². The number of fused-ring (bicyclic) bond motifs is 1. The number of hydrogen-bond acceptors (Lipinski definition) is 7. The molecule has 3 aromatic rings. The average Bonchev–Trinajstić information content (AvgIpc) is 3.49. The molecule has 1 unspecified atom stereocenters. The van der Waals surface area contributed by atoms with Crippen molar-refractivity contribution in [3.05, 3.63) is 18.2 Å². The summed E-state index contributed by atoms with van der Waals surface area (Å²) in [6.07, 6.45) is 4.62. The number of aromatic nitrogens is 6. The van der Waals surface area contributed by atoms with Crippen molar-refractivity contribution in [3.8, 4) is 0 Å². The fourth-order valence-corrected chi connectivity index (χ4v) is 4.46. The Morgan fingerprint density at radius 1 is 1.16 bits per heavy atom. The van der Waals surface area contributed by atoms with E-state index in [1.54, 1.807) is 6.33 Å². The molecule has 2 aliphatic rings. The van der Waals surface area contributed by atoms with Gasteiger partial charge < -0.3 is 19.7 Å². The second-order valence-electron chi connectivity index (χ2n) is 9.06. The van der Waals surface area contributed by atoms with Crippen molar-refractivity contribution >= 4 is 28.6 Å². The molecule has 2 atom stereocenters. The number of nitrogens with zero attached hydrogens (tertiary/aromatic N) is 8. The van der Waals surface area contributed by atoms with E-state index >= 15 is 0 Å². The molecule has 0 saturated carbocycles. The van der Waals surface area contributed by atoms with Gasteiger partial charge >= 0.3 is 0 Å². The summed E-state index contributed by atoms with van der Waals surface area (Å²) in [4.78, 5) is 18.3. The zero-order valence-corrected chi connectivity index (χ0v) is 18.6. The van der Waals surface area contributed by atoms with Crippen LogP contribution in [-0.4, -0.2) is 73.6 Å². The summed E-state index contributed by atoms with van der Waals surface area (Å²) in [5.74, 6) is 1.17. The van der Waals surface area contributed by atoms with Crippen LogP contribution in [0.25, 0.3) is 11.2 Å². The lowest BCUT2D eigenvalue weighted by atomic mass is 10.3. The van der Waals surface area contributed by atoms with Gasteiger partial charge in [-0.05, 0) is 47.2 Å². The molecule has 0 bridgehead atoms. The van der Waals surface area contributed by atoms with Gasteiger partial charge in [-0.15, -0.1) is 0 Å². The van der Waals surface area contributed by atoms with Crippen molar-refractivity contribution in [1.82, 2.24) is 34.2 Å². The van der Waals surface area contributed by atoms with Crippen molar-refractivity contribution in [3.63, 3.8) is 0 Å². The van der Waals surface area contributed by atoms with E-state index in [1.807, 2.05) is 16.4 Å². The second-order valence-corrected chi connectivity index (χ2v) is 9.06. The highest BCUT2D eigenvalue weighted by Gasteiger charge is 2.27. The molecule has 10 heteroatoms. The van der Waals surface area contributed by atoms with Crippen LogP contribution in [0, 0.1) is 6.92 Å². The normalized spacial score (nSPS) is 22.3. The minimum absolute atomic E-state index is 0.206. The molecule has 0 radical (unpaired) electrons. The quantitative estimate of drug-likeness (QED) is 0.670. The van der Waals surface area contributed by atoms with E-state index in [0.717, 1.165) is 36.5 Å². The second kappa shape index (κ2) is 7.74. The van der Waals surface area contributed by atoms with Gasteiger partial charge in [0.2, 0.25) is 5.95 Å². The number of imidazole rings is 1. The molecule has 31 heavy (non-hydrogen) atoms. The zero-order valence-electron chi connectivity index (χ0n) is 18.6. The van der Waals surface area contributed by atoms with Crippen molar-refractivity contribution < 1.29 is 4.39 Å². The fraction of sp³-hybridized carbons (Fsp3) is 0.619. The summed E-state index contributed by atoms with van der Waals surface area (Å²) in [6, 6.07) is 0.586. The topological polar surface area (TPSA) is 79.9 Å². The Morgan fingerprint density at radius 3 is 2.68 bits per heavy atom. The van der Waals surface area contributed by atoms with Crippen LogP contribution in [0.1, 0.15) is 44.5 Å². The van der Waals surface area contributed by atoms with Gasteiger partial charge in [0.15, 0.2) is 17.0 Å². The lowest BCUT2D eigenvalue weighted by Gasteiger charge is -2.17. The lowest BCUT2D eigenvalue weighted by Crippen LogP contribution is -2.23. The van der Waals surface area contributed by atoms with Crippen LogP contribution >= 0.6 is 0 Å². The third kappa shape index (κ3) is 3.73. The third-order valence-corrected chi connectivity index (χ3v) is 6.29. The Balaban J connectivity index is 1.52. The van der Waals surface area contributed by atoms with E-state index in [2.05, 4.69) is 47.0 Å². The van der Waals surface area contributed by atoms with Crippen molar-refractivity contribution in [2.45, 2.75) is 51.9 Å². The number of anilines is 3. The number of alkyl halides is 1. The molecule has 0 spiro atoms. The number of likely N-dealkylation sites (N-methyl/N-ethyl adjacent to an activating group) is 1. The number of hydrogen-bond donors (Lipinski definition) is 1. The van der Waals surface area contributed by atoms with Crippen LogP contribution < -0.4 is 10.2 Å². The van der Waals surface area contributed by atoms with E-state index in [-0.39, 0.29) is 6.04 Å². The number of halogens is 1. The monoisotopic (exact) mass is 427 g/mol. The highest BCUT2D eigenvalue weighted by Crippen LogP contribution is 2.30. The predicted molar refractivity (Wildman–Crippen MR) is 119 cm³/mol. The first-order valence-corrected chi connectivity index (χ1v) is 11.0. The Bertz CT molecular complexity index is 1090. The summed E-state index contributed by atoms with van der Waals surface area (Å²) in [5, 5.41) is 8.20. The Labute approximate surface area is 181 Å². The maximum atomic E-state index is 13.9. The Morgan fingerprint density at radius 2 is 2.00 bits per heavy atom. The third-order valence-electron chi connectivity index (χ3n) is 6.29. The van der Waals surface area contributed by atoms with Crippen LogP contribution in [0.4, 0.5) is 21.8 Å². The molecule has 2 aliphatic heterocycles. The van der Waals surface area contributed by atoms with E-state index in [4.69, 9.17) is 15.1 Å². The van der Waals surface area contributed by atoms with Gasteiger partial charge in [0.05, 0.1) is 30.3 Å². The molecule has 0 amide bonds. The highest BCUT2D eigenvalue weighted by molar-refractivity contribution is 5.87. The van der Waals surface area contributed by atoms with E-state index in [0.29, 0.717) is 42.8 Å². The molecule has 3 aromatic heterocycles. The number of likely N-dealkylation sites (tertiary alicyclic amines) is 1. The molecule has 1 N–H and O–H groups in total. The first-order valence-electron chi connectivity index (χ1n) is 11.0. The van der Waals surface area contributed by atoms with Gasteiger partial charge in [-0.3, -0.25) is 4.68 Å². The van der Waals surface area contributed by atoms with Crippen LogP contribution in [0.15, 0.2) is 12.5 Å². The fourth-order valence-electron chi connectivity index (χ4n) is 4.46. The van der Waals surface area contributed by atoms with Crippen molar-refractivity contribution in [1.29, 1.82) is 0 Å². The number of rotatable bonds is 5. The smallest absolute Gasteiger partial charge is 0.229 e. The molecule has 0 aliphatic carbocycles. The lowest BCUT2D eigenvalue weighted by molar-refractivity contribution is 0.364. The molecule has 5 rings (SSSR count). The largest absolute Gasteiger partial charge is 0.338 e. The van der Waals surface area contributed by atoms with Crippen LogP contribution in [0.2, 0.25) is 0 Å². The van der Waals surface area contributed by atoms with Crippen LogP contribution in [0.5, 0.6) is 0 Å². The first kappa shape index (κ1) is 20.2. The van der Waals surface area contributed by atoms with Gasteiger partial charge in [-0.25, -0.2) is 9.37 Å². The molecule has 5 heterocycles. The summed E-state index contributed by atoms with van der Waals surface area (Å²) in [5.41, 5.74) is 3.29. The van der Waals surface area contributed by atoms with E-state index in [9.17, 15) is 4.39 Å². The molecular weight excluding hydrogens is 397 g/mol. The summed E-state index contributed by atoms with van der Waals surface area (Å²) in [6.45, 7) is 9.21. The molecule has 2 fully saturated rings. The van der Waals surface area contributed by atoms with Crippen LogP contribution in [0.3, 0.4) is 0 Å². The number of aryl methyl sites for hydroxylation is 1. The number of nitrogens with one attached hydrogen (secondary N) is 1. The maximum Gasteiger partial charge on any atom is 0.229 e. The SMILES string of the molecule is Cc1nn(C2CCN(C)C2)cc1Nc1nc(N2CC[C@H](F)C2)nc2c1ncn2C(C)C.